The highest BCUT2D eigenvalue weighted by molar-refractivity contribution is 6.02. The number of nitrogens with one attached hydrogen (secondary N) is 1. The fraction of sp³-hybridized carbons (Fsp3) is 0.100. The summed E-state index contributed by atoms with van der Waals surface area (Å²) in [6, 6.07) is 22.3. The number of fused-ring (bicyclic) bond motifs is 2. The first-order valence-electron chi connectivity index (χ1n) is 12.4. The first-order chi connectivity index (χ1) is 19.0. The van der Waals surface area contributed by atoms with Crippen LogP contribution in [0.4, 0.5) is 0 Å². The van der Waals surface area contributed by atoms with Gasteiger partial charge < -0.3 is 14.8 Å². The average Bonchev–Trinajstić information content (AvgIpc) is 3.63. The summed E-state index contributed by atoms with van der Waals surface area (Å²) in [7, 11) is 0. The zero-order chi connectivity index (χ0) is 26.9. The van der Waals surface area contributed by atoms with E-state index in [1.807, 2.05) is 29.7 Å². The van der Waals surface area contributed by atoms with Crippen molar-refractivity contribution in [2.24, 2.45) is 0 Å². The van der Waals surface area contributed by atoms with Gasteiger partial charge in [-0.1, -0.05) is 59.8 Å². The molecule has 0 aliphatic heterocycles. The molecule has 3 aromatic carbocycles. The summed E-state index contributed by atoms with van der Waals surface area (Å²) >= 11 is 0. The van der Waals surface area contributed by atoms with Gasteiger partial charge in [-0.05, 0) is 52.2 Å². The lowest BCUT2D eigenvalue weighted by molar-refractivity contribution is 0.0696. The molecule has 0 bridgehead atoms. The second kappa shape index (κ2) is 9.86. The Morgan fingerprint density at radius 1 is 1.03 bits per heavy atom. The van der Waals surface area contributed by atoms with E-state index < -0.39 is 5.97 Å². The number of hydrogen-bond donors (Lipinski definition) is 2. The molecule has 0 saturated carbocycles. The predicted octanol–water partition coefficient (Wildman–Crippen LogP) is 5.32. The van der Waals surface area contributed by atoms with Crippen molar-refractivity contribution in [1.29, 1.82) is 0 Å². The minimum Gasteiger partial charge on any atom is -0.478 e. The second-order valence-electron chi connectivity index (χ2n) is 9.36. The third-order valence-corrected chi connectivity index (χ3v) is 6.80. The van der Waals surface area contributed by atoms with Gasteiger partial charge in [0.2, 0.25) is 0 Å². The fourth-order valence-electron chi connectivity index (χ4n) is 4.75. The standard InChI is InChI=1S/C30H23N5O4/c1-18(20-8-10-22(11-9-20)30(37)38)33-29(36)25-14-24(27-15-32-39-34-27)16-35-17-31-26(28(25)35)13-19-6-7-21-4-2-3-5-23(21)12-19/h2-12,14-18H,13H2,1H3,(H,33,36)(H,37,38)/t18-/m0/s1. The molecule has 1 amide bonds. The molecule has 0 spiro atoms. The van der Waals surface area contributed by atoms with Gasteiger partial charge in [0.05, 0.1) is 40.9 Å². The number of carbonyl (C=O) groups is 2. The third-order valence-electron chi connectivity index (χ3n) is 6.80. The Balaban J connectivity index is 1.38. The van der Waals surface area contributed by atoms with Crippen LogP contribution in [-0.2, 0) is 6.42 Å². The minimum atomic E-state index is -1.00. The largest absolute Gasteiger partial charge is 0.478 e. The number of carbonyl (C=O) groups excluding carboxylic acids is 1. The molecule has 0 unspecified atom stereocenters. The third kappa shape index (κ3) is 4.73. The van der Waals surface area contributed by atoms with Crippen molar-refractivity contribution in [3.8, 4) is 11.3 Å². The molecule has 3 aromatic heterocycles. The van der Waals surface area contributed by atoms with Gasteiger partial charge in [-0.3, -0.25) is 4.79 Å². The quantitative estimate of drug-likeness (QED) is 0.294. The molecule has 2 N–H and O–H groups in total. The molecule has 192 valence electrons. The summed E-state index contributed by atoms with van der Waals surface area (Å²) in [6.07, 6.45) is 5.56. The lowest BCUT2D eigenvalue weighted by Gasteiger charge is -2.16. The second-order valence-corrected chi connectivity index (χ2v) is 9.36. The topological polar surface area (TPSA) is 123 Å². The molecule has 9 nitrogen and oxygen atoms in total. The van der Waals surface area contributed by atoms with Gasteiger partial charge in [-0.15, -0.1) is 0 Å². The lowest BCUT2D eigenvalue weighted by atomic mass is 10.0. The zero-order valence-electron chi connectivity index (χ0n) is 20.9. The van der Waals surface area contributed by atoms with Crippen LogP contribution in [0.2, 0.25) is 0 Å². The minimum absolute atomic E-state index is 0.186. The first kappa shape index (κ1) is 24.1. The van der Waals surface area contributed by atoms with E-state index in [2.05, 4.69) is 50.9 Å². The number of aromatic carboxylic acids is 1. The van der Waals surface area contributed by atoms with Crippen molar-refractivity contribution in [2.75, 3.05) is 0 Å². The number of carboxylic acids is 1. The van der Waals surface area contributed by atoms with Gasteiger partial charge in [-0.25, -0.2) is 14.4 Å². The summed E-state index contributed by atoms with van der Waals surface area (Å²) < 4.78 is 6.60. The maximum absolute atomic E-state index is 13.7. The van der Waals surface area contributed by atoms with Gasteiger partial charge in [0.1, 0.15) is 5.69 Å². The van der Waals surface area contributed by atoms with Crippen LogP contribution >= 0.6 is 0 Å². The van der Waals surface area contributed by atoms with E-state index in [1.54, 1.807) is 24.5 Å². The van der Waals surface area contributed by atoms with E-state index in [9.17, 15) is 14.7 Å². The SMILES string of the molecule is C[C@H](NC(=O)c1cc(-c2cnon2)cn2cnc(Cc3ccc4ccccc4c3)c12)c1ccc(C(=O)O)cc1. The fourth-order valence-corrected chi connectivity index (χ4v) is 4.75. The number of rotatable bonds is 7. The number of pyridine rings is 1. The molecule has 0 radical (unpaired) electrons. The Kier molecular flexibility index (Phi) is 6.08. The normalized spacial score (nSPS) is 12.0. The number of aromatic nitrogens is 4. The van der Waals surface area contributed by atoms with E-state index >= 15 is 0 Å². The van der Waals surface area contributed by atoms with E-state index in [1.165, 1.54) is 18.3 Å². The van der Waals surface area contributed by atoms with Gasteiger partial charge in [-0.2, -0.15) is 0 Å². The van der Waals surface area contributed by atoms with E-state index in [4.69, 9.17) is 4.63 Å². The molecule has 0 fully saturated rings. The lowest BCUT2D eigenvalue weighted by Crippen LogP contribution is -2.27. The maximum atomic E-state index is 13.7. The molecule has 1 atom stereocenters. The van der Waals surface area contributed by atoms with Crippen molar-refractivity contribution < 1.29 is 19.3 Å². The van der Waals surface area contributed by atoms with Gasteiger partial charge in [0, 0.05) is 18.2 Å². The van der Waals surface area contributed by atoms with E-state index in [0.29, 0.717) is 28.8 Å². The van der Waals surface area contributed by atoms with Crippen LogP contribution < -0.4 is 5.32 Å². The van der Waals surface area contributed by atoms with Crippen molar-refractivity contribution in [2.45, 2.75) is 19.4 Å². The summed E-state index contributed by atoms with van der Waals surface area (Å²) in [6.45, 7) is 1.85. The Labute approximate surface area is 222 Å². The molecular weight excluding hydrogens is 494 g/mol. The van der Waals surface area contributed by atoms with Crippen molar-refractivity contribution in [3.63, 3.8) is 0 Å². The van der Waals surface area contributed by atoms with Gasteiger partial charge in [0.25, 0.3) is 5.91 Å². The Bertz CT molecular complexity index is 1820. The van der Waals surface area contributed by atoms with E-state index in [-0.39, 0.29) is 17.5 Å². The Morgan fingerprint density at radius 3 is 2.56 bits per heavy atom. The number of nitrogens with zero attached hydrogens (tertiary/aromatic N) is 4. The molecule has 0 aliphatic carbocycles. The van der Waals surface area contributed by atoms with Crippen LogP contribution in [0.15, 0.2) is 96.1 Å². The van der Waals surface area contributed by atoms with Crippen molar-refractivity contribution in [1.82, 2.24) is 25.0 Å². The van der Waals surface area contributed by atoms with Crippen molar-refractivity contribution >= 4 is 28.2 Å². The molecular formula is C30H23N5O4. The van der Waals surface area contributed by atoms with Crippen LogP contribution in [0, 0.1) is 0 Å². The number of imidazole rings is 1. The summed E-state index contributed by atoms with van der Waals surface area (Å²) in [5, 5.41) is 22.1. The number of hydrogen-bond acceptors (Lipinski definition) is 6. The molecule has 0 aliphatic rings. The Hall–Kier alpha value is -5.31. The predicted molar refractivity (Wildman–Crippen MR) is 145 cm³/mol. The number of amides is 1. The average molecular weight is 518 g/mol. The van der Waals surface area contributed by atoms with Crippen LogP contribution in [0.1, 0.15) is 50.5 Å². The van der Waals surface area contributed by atoms with Crippen LogP contribution in [0.3, 0.4) is 0 Å². The van der Waals surface area contributed by atoms with Crippen LogP contribution in [0.25, 0.3) is 27.5 Å². The molecule has 39 heavy (non-hydrogen) atoms. The molecule has 3 heterocycles. The number of carboxylic acid groups (broad SMARTS) is 1. The van der Waals surface area contributed by atoms with Gasteiger partial charge >= 0.3 is 5.97 Å². The molecule has 6 aromatic rings. The Morgan fingerprint density at radius 2 is 1.82 bits per heavy atom. The molecule has 0 saturated heterocycles. The number of benzene rings is 3. The molecule has 9 heteroatoms. The van der Waals surface area contributed by atoms with Crippen LogP contribution in [-0.4, -0.2) is 36.7 Å². The van der Waals surface area contributed by atoms with Crippen molar-refractivity contribution in [3.05, 3.63) is 119 Å². The highest BCUT2D eigenvalue weighted by Crippen LogP contribution is 2.27. The van der Waals surface area contributed by atoms with Gasteiger partial charge in [0.15, 0.2) is 0 Å². The summed E-state index contributed by atoms with van der Waals surface area (Å²) in [5.41, 5.74) is 5.08. The maximum Gasteiger partial charge on any atom is 0.335 e. The smallest absolute Gasteiger partial charge is 0.335 e. The summed E-state index contributed by atoms with van der Waals surface area (Å²) in [5.74, 6) is -1.30. The summed E-state index contributed by atoms with van der Waals surface area (Å²) in [4.78, 5) is 29.6. The zero-order valence-corrected chi connectivity index (χ0v) is 20.9. The highest BCUT2D eigenvalue weighted by Gasteiger charge is 2.21. The van der Waals surface area contributed by atoms with Crippen LogP contribution in [0.5, 0.6) is 0 Å². The molecule has 6 rings (SSSR count). The highest BCUT2D eigenvalue weighted by atomic mass is 16.6. The van der Waals surface area contributed by atoms with E-state index in [0.717, 1.165) is 27.6 Å². The first-order valence-corrected chi connectivity index (χ1v) is 12.4. The monoisotopic (exact) mass is 517 g/mol.